The summed E-state index contributed by atoms with van der Waals surface area (Å²) in [6.07, 6.45) is 1.78. The van der Waals surface area contributed by atoms with E-state index in [0.29, 0.717) is 6.61 Å². The highest BCUT2D eigenvalue weighted by molar-refractivity contribution is 5.82. The highest BCUT2D eigenvalue weighted by Gasteiger charge is 2.30. The lowest BCUT2D eigenvalue weighted by atomic mass is 9.84. The minimum Gasteiger partial charge on any atom is -0.465 e. The van der Waals surface area contributed by atoms with Crippen LogP contribution < -0.4 is 0 Å². The molecule has 0 spiro atoms. The van der Waals surface area contributed by atoms with Gasteiger partial charge in [-0.05, 0) is 31.9 Å². The molecule has 0 aliphatic heterocycles. The Balaban J connectivity index is 2.97. The molecular weight excluding hydrogens is 200 g/mol. The van der Waals surface area contributed by atoms with Gasteiger partial charge in [0.05, 0.1) is 12.0 Å². The molecule has 0 N–H and O–H groups in total. The summed E-state index contributed by atoms with van der Waals surface area (Å²) in [7, 11) is 0. The van der Waals surface area contributed by atoms with Gasteiger partial charge in [0.2, 0.25) is 0 Å². The molecule has 16 heavy (non-hydrogen) atoms. The van der Waals surface area contributed by atoms with Crippen molar-refractivity contribution >= 4 is 12.0 Å². The van der Waals surface area contributed by atoms with E-state index in [0.717, 1.165) is 11.1 Å². The summed E-state index contributed by atoms with van der Waals surface area (Å²) in [6, 6.07) is 7.77. The number of hydrogen-bond acceptors (Lipinski definition) is 2. The molecule has 0 saturated heterocycles. The van der Waals surface area contributed by atoms with Crippen molar-refractivity contribution in [1.82, 2.24) is 0 Å². The van der Waals surface area contributed by atoms with E-state index < -0.39 is 5.41 Å². The molecular formula is C14H18O2. The highest BCUT2D eigenvalue weighted by atomic mass is 16.5. The maximum absolute atomic E-state index is 11.8. The molecule has 1 aromatic rings. The Bertz CT molecular complexity index is 374. The summed E-state index contributed by atoms with van der Waals surface area (Å²) < 4.78 is 5.06. The number of esters is 1. The lowest BCUT2D eigenvalue weighted by molar-refractivity contribution is -0.148. The fourth-order valence-corrected chi connectivity index (χ4v) is 1.47. The van der Waals surface area contributed by atoms with E-state index in [1.807, 2.05) is 45.0 Å². The second-order valence-corrected chi connectivity index (χ2v) is 4.17. The van der Waals surface area contributed by atoms with Crippen LogP contribution in [-0.2, 0) is 14.9 Å². The Morgan fingerprint density at radius 2 is 1.94 bits per heavy atom. The largest absolute Gasteiger partial charge is 0.465 e. The summed E-state index contributed by atoms with van der Waals surface area (Å²) in [4.78, 5) is 11.8. The molecule has 0 aliphatic rings. The summed E-state index contributed by atoms with van der Waals surface area (Å²) in [5.41, 5.74) is 1.40. The van der Waals surface area contributed by atoms with E-state index in [2.05, 4.69) is 6.58 Å². The van der Waals surface area contributed by atoms with Crippen molar-refractivity contribution in [2.75, 3.05) is 6.61 Å². The maximum Gasteiger partial charge on any atom is 0.315 e. The molecule has 1 aromatic carbocycles. The Kier molecular flexibility index (Phi) is 3.88. The molecule has 0 heterocycles. The van der Waals surface area contributed by atoms with Crippen LogP contribution in [0, 0.1) is 0 Å². The zero-order chi connectivity index (χ0) is 12.2. The Hall–Kier alpha value is -1.57. The van der Waals surface area contributed by atoms with Crippen LogP contribution in [0.2, 0.25) is 0 Å². The zero-order valence-corrected chi connectivity index (χ0v) is 10.1. The molecule has 0 bridgehead atoms. The SMILES string of the molecule is C=Cc1ccc(C(C)(C)C(=O)OCC)cc1. The van der Waals surface area contributed by atoms with E-state index in [9.17, 15) is 4.79 Å². The minimum atomic E-state index is -0.601. The van der Waals surface area contributed by atoms with Gasteiger partial charge in [0.1, 0.15) is 0 Å². The number of hydrogen-bond donors (Lipinski definition) is 0. The van der Waals surface area contributed by atoms with Crippen LogP contribution in [-0.4, -0.2) is 12.6 Å². The first-order valence-corrected chi connectivity index (χ1v) is 5.42. The third-order valence-electron chi connectivity index (χ3n) is 2.65. The van der Waals surface area contributed by atoms with Gasteiger partial charge in [0, 0.05) is 0 Å². The molecule has 1 rings (SSSR count). The summed E-state index contributed by atoms with van der Waals surface area (Å²) in [5, 5.41) is 0. The molecule has 86 valence electrons. The molecule has 0 atom stereocenters. The predicted molar refractivity (Wildman–Crippen MR) is 66.2 cm³/mol. The average molecular weight is 218 g/mol. The molecule has 0 amide bonds. The zero-order valence-electron chi connectivity index (χ0n) is 10.1. The third-order valence-corrected chi connectivity index (χ3v) is 2.65. The standard InChI is InChI=1S/C14H18O2/c1-5-11-7-9-12(10-8-11)14(3,4)13(15)16-6-2/h5,7-10H,1,6H2,2-4H3. The molecule has 0 saturated carbocycles. The van der Waals surface area contributed by atoms with Gasteiger partial charge in [0.25, 0.3) is 0 Å². The van der Waals surface area contributed by atoms with Gasteiger partial charge >= 0.3 is 5.97 Å². The van der Waals surface area contributed by atoms with Crippen LogP contribution in [0.4, 0.5) is 0 Å². The van der Waals surface area contributed by atoms with Crippen LogP contribution in [0.25, 0.3) is 6.08 Å². The van der Waals surface area contributed by atoms with E-state index in [-0.39, 0.29) is 5.97 Å². The van der Waals surface area contributed by atoms with Gasteiger partial charge in [0.15, 0.2) is 0 Å². The van der Waals surface area contributed by atoms with Crippen LogP contribution >= 0.6 is 0 Å². The van der Waals surface area contributed by atoms with Gasteiger partial charge in [-0.2, -0.15) is 0 Å². The van der Waals surface area contributed by atoms with Gasteiger partial charge < -0.3 is 4.74 Å². The molecule has 0 unspecified atom stereocenters. The second kappa shape index (κ2) is 4.97. The summed E-state index contributed by atoms with van der Waals surface area (Å²) >= 11 is 0. The fourth-order valence-electron chi connectivity index (χ4n) is 1.47. The third kappa shape index (κ3) is 2.51. The van der Waals surface area contributed by atoms with Crippen LogP contribution in [0.3, 0.4) is 0 Å². The number of carbonyl (C=O) groups excluding carboxylic acids is 1. The lowest BCUT2D eigenvalue weighted by Crippen LogP contribution is -2.31. The maximum atomic E-state index is 11.8. The van der Waals surface area contributed by atoms with Crippen molar-refractivity contribution in [1.29, 1.82) is 0 Å². The molecule has 0 radical (unpaired) electrons. The quantitative estimate of drug-likeness (QED) is 0.725. The molecule has 0 fully saturated rings. The predicted octanol–water partition coefficient (Wildman–Crippen LogP) is 3.17. The van der Waals surface area contributed by atoms with Crippen molar-refractivity contribution in [3.63, 3.8) is 0 Å². The van der Waals surface area contributed by atoms with Crippen molar-refractivity contribution in [2.24, 2.45) is 0 Å². The van der Waals surface area contributed by atoms with Crippen LogP contribution in [0.1, 0.15) is 31.9 Å². The molecule has 2 heteroatoms. The first kappa shape index (κ1) is 12.5. The second-order valence-electron chi connectivity index (χ2n) is 4.17. The fraction of sp³-hybridized carbons (Fsp3) is 0.357. The van der Waals surface area contributed by atoms with E-state index in [4.69, 9.17) is 4.74 Å². The van der Waals surface area contributed by atoms with Gasteiger partial charge in [-0.25, -0.2) is 0 Å². The Labute approximate surface area is 96.9 Å². The number of rotatable bonds is 4. The van der Waals surface area contributed by atoms with Gasteiger partial charge in [-0.3, -0.25) is 4.79 Å². The number of carbonyl (C=O) groups is 1. The van der Waals surface area contributed by atoms with Gasteiger partial charge in [-0.1, -0.05) is 36.9 Å². The number of benzene rings is 1. The average Bonchev–Trinajstić information content (AvgIpc) is 2.29. The summed E-state index contributed by atoms with van der Waals surface area (Å²) in [5.74, 6) is -0.193. The van der Waals surface area contributed by atoms with Crippen LogP contribution in [0.15, 0.2) is 30.8 Å². The van der Waals surface area contributed by atoms with E-state index in [1.165, 1.54) is 0 Å². The normalized spacial score (nSPS) is 10.9. The van der Waals surface area contributed by atoms with Crippen LogP contribution in [0.5, 0.6) is 0 Å². The van der Waals surface area contributed by atoms with Gasteiger partial charge in [-0.15, -0.1) is 0 Å². The smallest absolute Gasteiger partial charge is 0.315 e. The minimum absolute atomic E-state index is 0.193. The summed E-state index contributed by atoms with van der Waals surface area (Å²) in [6.45, 7) is 9.66. The number of ether oxygens (including phenoxy) is 1. The first-order chi connectivity index (χ1) is 7.52. The molecule has 0 aliphatic carbocycles. The Morgan fingerprint density at radius 3 is 2.38 bits per heavy atom. The van der Waals surface area contributed by atoms with Crippen molar-refractivity contribution in [2.45, 2.75) is 26.2 Å². The molecule has 2 nitrogen and oxygen atoms in total. The first-order valence-electron chi connectivity index (χ1n) is 5.42. The molecule has 0 aromatic heterocycles. The van der Waals surface area contributed by atoms with E-state index in [1.54, 1.807) is 6.08 Å². The highest BCUT2D eigenvalue weighted by Crippen LogP contribution is 2.25. The lowest BCUT2D eigenvalue weighted by Gasteiger charge is -2.22. The monoisotopic (exact) mass is 218 g/mol. The topological polar surface area (TPSA) is 26.3 Å². The van der Waals surface area contributed by atoms with E-state index >= 15 is 0 Å². The Morgan fingerprint density at radius 1 is 1.38 bits per heavy atom. The van der Waals surface area contributed by atoms with Crippen molar-refractivity contribution < 1.29 is 9.53 Å². The van der Waals surface area contributed by atoms with Crippen molar-refractivity contribution in [3.8, 4) is 0 Å². The van der Waals surface area contributed by atoms with Crippen molar-refractivity contribution in [3.05, 3.63) is 42.0 Å².